The smallest absolute Gasteiger partial charge is 0.234 e. The molecule has 0 saturated carbocycles. The molecular weight excluding hydrogens is 292 g/mol. The van der Waals surface area contributed by atoms with Crippen LogP contribution in [0.3, 0.4) is 0 Å². The highest BCUT2D eigenvalue weighted by atomic mass is 16.5. The molecule has 3 rings (SSSR count). The van der Waals surface area contributed by atoms with Gasteiger partial charge in [0.15, 0.2) is 0 Å². The highest BCUT2D eigenvalue weighted by Gasteiger charge is 2.27. The number of carbonyl (C=O) groups is 1. The zero-order valence-electron chi connectivity index (χ0n) is 13.3. The van der Waals surface area contributed by atoms with Crippen LogP contribution in [0.4, 0.5) is 0 Å². The number of nitrogens with zero attached hydrogens (tertiary/aromatic N) is 1. The van der Waals surface area contributed by atoms with Gasteiger partial charge in [-0.15, -0.1) is 0 Å². The lowest BCUT2D eigenvalue weighted by atomic mass is 9.98. The average Bonchev–Trinajstić information content (AvgIpc) is 2.57. The van der Waals surface area contributed by atoms with Crippen LogP contribution >= 0.6 is 0 Å². The summed E-state index contributed by atoms with van der Waals surface area (Å²) in [6, 6.07) is 9.12. The van der Waals surface area contributed by atoms with Gasteiger partial charge in [-0.2, -0.15) is 0 Å². The number of hydrogen-bond acceptors (Lipinski definition) is 4. The molecule has 1 fully saturated rings. The van der Waals surface area contributed by atoms with E-state index in [9.17, 15) is 9.90 Å². The van der Waals surface area contributed by atoms with Crippen molar-refractivity contribution in [1.82, 2.24) is 4.90 Å². The summed E-state index contributed by atoms with van der Waals surface area (Å²) in [5.74, 6) is 0.691. The van der Waals surface area contributed by atoms with E-state index in [1.165, 1.54) is 0 Å². The van der Waals surface area contributed by atoms with Crippen LogP contribution in [0.1, 0.15) is 24.8 Å². The molecule has 2 aromatic carbocycles. The maximum Gasteiger partial charge on any atom is 0.234 e. The van der Waals surface area contributed by atoms with E-state index < -0.39 is 0 Å². The predicted octanol–water partition coefficient (Wildman–Crippen LogP) is 2.39. The van der Waals surface area contributed by atoms with Gasteiger partial charge in [0.2, 0.25) is 5.91 Å². The number of hydrogen-bond donors (Lipinski definition) is 2. The van der Waals surface area contributed by atoms with E-state index in [1.807, 2.05) is 24.3 Å². The molecule has 1 atom stereocenters. The fourth-order valence-electron chi connectivity index (χ4n) is 3.35. The number of piperidine rings is 1. The predicted molar refractivity (Wildman–Crippen MR) is 89.4 cm³/mol. The van der Waals surface area contributed by atoms with Gasteiger partial charge in [-0.1, -0.05) is 18.6 Å². The molecule has 1 heterocycles. The molecule has 0 radical (unpaired) electrons. The van der Waals surface area contributed by atoms with Gasteiger partial charge >= 0.3 is 0 Å². The highest BCUT2D eigenvalue weighted by molar-refractivity contribution is 5.89. The van der Waals surface area contributed by atoms with Crippen LogP contribution in [0.2, 0.25) is 0 Å². The molecule has 5 heteroatoms. The molecule has 0 spiro atoms. The van der Waals surface area contributed by atoms with Crippen molar-refractivity contribution in [3.63, 3.8) is 0 Å². The van der Waals surface area contributed by atoms with E-state index in [1.54, 1.807) is 13.2 Å². The van der Waals surface area contributed by atoms with Crippen molar-refractivity contribution in [2.75, 3.05) is 13.7 Å². The number of phenols is 1. The molecule has 0 aromatic heterocycles. The summed E-state index contributed by atoms with van der Waals surface area (Å²) in [7, 11) is 1.62. The second-order valence-corrected chi connectivity index (χ2v) is 6.03. The van der Waals surface area contributed by atoms with Gasteiger partial charge in [0.1, 0.15) is 11.5 Å². The molecule has 2 aromatic rings. The van der Waals surface area contributed by atoms with Gasteiger partial charge in [-0.05, 0) is 48.4 Å². The van der Waals surface area contributed by atoms with Gasteiger partial charge in [0.25, 0.3) is 0 Å². The summed E-state index contributed by atoms with van der Waals surface area (Å²) >= 11 is 0. The Morgan fingerprint density at radius 2 is 2.13 bits per heavy atom. The Labute approximate surface area is 135 Å². The minimum atomic E-state index is -0.290. The van der Waals surface area contributed by atoms with Crippen LogP contribution in [0.5, 0.6) is 11.5 Å². The Kier molecular flexibility index (Phi) is 4.39. The minimum absolute atomic E-state index is 0.236. The normalized spacial score (nSPS) is 18.9. The lowest BCUT2D eigenvalue weighted by Crippen LogP contribution is -2.47. The molecule has 5 nitrogen and oxygen atoms in total. The van der Waals surface area contributed by atoms with Crippen LogP contribution in [-0.4, -0.2) is 35.6 Å². The summed E-state index contributed by atoms with van der Waals surface area (Å²) < 4.78 is 5.30. The number of carbonyl (C=O) groups excluding carboxylic acids is 1. The third-order valence-electron chi connectivity index (χ3n) is 4.62. The van der Waals surface area contributed by atoms with E-state index in [4.69, 9.17) is 10.5 Å². The summed E-state index contributed by atoms with van der Waals surface area (Å²) in [5.41, 5.74) is 6.36. The van der Waals surface area contributed by atoms with E-state index >= 15 is 0 Å². The standard InChI is InChI=1S/C18H22N2O3/c1-23-13-7-5-12-6-8-17(21)15(14(12)10-13)11-20-9-3-2-4-16(20)18(19)22/h5-8,10,16,21H,2-4,9,11H2,1H3,(H2,19,22)/t16-/m1/s1. The number of ether oxygens (including phenoxy) is 1. The minimum Gasteiger partial charge on any atom is -0.508 e. The largest absolute Gasteiger partial charge is 0.508 e. The Hall–Kier alpha value is -2.27. The molecule has 1 amide bonds. The topological polar surface area (TPSA) is 75.8 Å². The molecule has 1 aliphatic heterocycles. The quantitative estimate of drug-likeness (QED) is 0.908. The molecule has 122 valence electrons. The number of fused-ring (bicyclic) bond motifs is 1. The van der Waals surface area contributed by atoms with Gasteiger partial charge in [0, 0.05) is 12.1 Å². The SMILES string of the molecule is COc1ccc2ccc(O)c(CN3CCCC[C@@H]3C(N)=O)c2c1. The number of rotatable bonds is 4. The van der Waals surface area contributed by atoms with E-state index in [0.717, 1.165) is 47.9 Å². The van der Waals surface area contributed by atoms with Crippen molar-refractivity contribution >= 4 is 16.7 Å². The maximum atomic E-state index is 11.7. The second-order valence-electron chi connectivity index (χ2n) is 6.03. The van der Waals surface area contributed by atoms with Gasteiger partial charge in [-0.3, -0.25) is 9.69 Å². The summed E-state index contributed by atoms with van der Waals surface area (Å²) in [5, 5.41) is 12.3. The first-order valence-corrected chi connectivity index (χ1v) is 7.92. The lowest BCUT2D eigenvalue weighted by molar-refractivity contribution is -0.124. The maximum absolute atomic E-state index is 11.7. The Morgan fingerprint density at radius 3 is 2.87 bits per heavy atom. The highest BCUT2D eigenvalue weighted by Crippen LogP contribution is 2.32. The number of likely N-dealkylation sites (tertiary alicyclic amines) is 1. The second kappa shape index (κ2) is 6.46. The van der Waals surface area contributed by atoms with Crippen LogP contribution in [-0.2, 0) is 11.3 Å². The van der Waals surface area contributed by atoms with Crippen LogP contribution in [0, 0.1) is 0 Å². The molecule has 0 aliphatic carbocycles. The number of aromatic hydroxyl groups is 1. The first-order valence-electron chi connectivity index (χ1n) is 7.92. The zero-order valence-corrected chi connectivity index (χ0v) is 13.3. The Morgan fingerprint density at radius 1 is 1.35 bits per heavy atom. The molecular formula is C18H22N2O3. The average molecular weight is 314 g/mol. The summed E-state index contributed by atoms with van der Waals surface area (Å²) in [6.45, 7) is 1.32. The number of methoxy groups -OCH3 is 1. The first kappa shape index (κ1) is 15.6. The molecule has 0 unspecified atom stereocenters. The van der Waals surface area contributed by atoms with Gasteiger partial charge < -0.3 is 15.6 Å². The Balaban J connectivity index is 2.00. The Bertz CT molecular complexity index is 730. The van der Waals surface area contributed by atoms with Gasteiger partial charge in [0.05, 0.1) is 13.2 Å². The number of amides is 1. The summed E-state index contributed by atoms with van der Waals surface area (Å²) in [6.07, 6.45) is 2.84. The molecule has 23 heavy (non-hydrogen) atoms. The van der Waals surface area contributed by atoms with Crippen LogP contribution < -0.4 is 10.5 Å². The van der Waals surface area contributed by atoms with E-state index in [0.29, 0.717) is 6.54 Å². The number of phenolic OH excluding ortho intramolecular Hbond substituents is 1. The van der Waals surface area contributed by atoms with Crippen molar-refractivity contribution in [3.05, 3.63) is 35.9 Å². The molecule has 0 bridgehead atoms. The van der Waals surface area contributed by atoms with Crippen molar-refractivity contribution in [2.45, 2.75) is 31.8 Å². The van der Waals surface area contributed by atoms with Crippen LogP contribution in [0.15, 0.2) is 30.3 Å². The molecule has 1 saturated heterocycles. The number of benzene rings is 2. The van der Waals surface area contributed by atoms with Crippen LogP contribution in [0.25, 0.3) is 10.8 Å². The fourth-order valence-corrected chi connectivity index (χ4v) is 3.35. The monoisotopic (exact) mass is 314 g/mol. The van der Waals surface area contributed by atoms with Crippen molar-refractivity contribution in [3.8, 4) is 11.5 Å². The third-order valence-corrected chi connectivity index (χ3v) is 4.62. The van der Waals surface area contributed by atoms with E-state index in [-0.39, 0.29) is 17.7 Å². The van der Waals surface area contributed by atoms with Gasteiger partial charge in [-0.25, -0.2) is 0 Å². The number of primary amides is 1. The summed E-state index contributed by atoms with van der Waals surface area (Å²) in [4.78, 5) is 13.8. The van der Waals surface area contributed by atoms with Crippen molar-refractivity contribution in [1.29, 1.82) is 0 Å². The lowest BCUT2D eigenvalue weighted by Gasteiger charge is -2.34. The fraction of sp³-hybridized carbons (Fsp3) is 0.389. The van der Waals surface area contributed by atoms with Crippen molar-refractivity contribution < 1.29 is 14.6 Å². The first-order chi connectivity index (χ1) is 11.1. The van der Waals surface area contributed by atoms with E-state index in [2.05, 4.69) is 4.90 Å². The third kappa shape index (κ3) is 3.10. The number of nitrogens with two attached hydrogens (primary N) is 1. The zero-order chi connectivity index (χ0) is 16.4. The van der Waals surface area contributed by atoms with Crippen molar-refractivity contribution in [2.24, 2.45) is 5.73 Å². The molecule has 1 aliphatic rings. The molecule has 3 N–H and O–H groups in total.